The van der Waals surface area contributed by atoms with E-state index in [1.807, 2.05) is 0 Å². The Morgan fingerprint density at radius 1 is 1.53 bits per heavy atom. The van der Waals surface area contributed by atoms with E-state index >= 15 is 0 Å². The highest BCUT2D eigenvalue weighted by molar-refractivity contribution is 7.09. The van der Waals surface area contributed by atoms with Crippen LogP contribution in [0, 0.1) is 0 Å². The average molecular weight is 281 g/mol. The normalized spacial score (nSPS) is 29.2. The van der Waals surface area contributed by atoms with Crippen molar-refractivity contribution in [3.05, 3.63) is 16.1 Å². The topological polar surface area (TPSA) is 37.4 Å². The van der Waals surface area contributed by atoms with E-state index in [0.29, 0.717) is 12.1 Å². The van der Waals surface area contributed by atoms with E-state index in [1.165, 1.54) is 18.5 Å². The predicted octanol–water partition coefficient (Wildman–Crippen LogP) is 2.35. The Labute approximate surface area is 119 Å². The first-order valence-corrected chi connectivity index (χ1v) is 8.16. The van der Waals surface area contributed by atoms with Crippen LogP contribution in [-0.2, 0) is 4.74 Å². The minimum absolute atomic E-state index is 0.163. The van der Waals surface area contributed by atoms with Gasteiger partial charge in [-0.05, 0) is 33.2 Å². The Kier molecular flexibility index (Phi) is 4.17. The Balaban J connectivity index is 1.68. The zero-order chi connectivity index (χ0) is 13.2. The highest BCUT2D eigenvalue weighted by Gasteiger charge is 2.27. The SMILES string of the molecule is CC(C)N1CCOC(c2nc([C@@H]3CCCN3)cs2)C1. The molecule has 1 aromatic heterocycles. The number of nitrogens with zero attached hydrogens (tertiary/aromatic N) is 2. The summed E-state index contributed by atoms with van der Waals surface area (Å²) >= 11 is 1.75. The van der Waals surface area contributed by atoms with Gasteiger partial charge in [-0.3, -0.25) is 4.90 Å². The van der Waals surface area contributed by atoms with Crippen LogP contribution in [0.5, 0.6) is 0 Å². The molecule has 2 saturated heterocycles. The number of hydrogen-bond acceptors (Lipinski definition) is 5. The van der Waals surface area contributed by atoms with Crippen LogP contribution < -0.4 is 5.32 Å². The summed E-state index contributed by atoms with van der Waals surface area (Å²) in [5, 5.41) is 6.86. The van der Waals surface area contributed by atoms with Crippen molar-refractivity contribution in [3.8, 4) is 0 Å². The molecule has 2 aliphatic heterocycles. The van der Waals surface area contributed by atoms with Crippen LogP contribution >= 0.6 is 11.3 Å². The van der Waals surface area contributed by atoms with Gasteiger partial charge in [0.25, 0.3) is 0 Å². The molecule has 0 spiro atoms. The molecule has 19 heavy (non-hydrogen) atoms. The summed E-state index contributed by atoms with van der Waals surface area (Å²) in [5.41, 5.74) is 1.21. The Bertz CT molecular complexity index is 415. The van der Waals surface area contributed by atoms with Crippen molar-refractivity contribution in [1.29, 1.82) is 0 Å². The molecule has 1 N–H and O–H groups in total. The molecule has 0 bridgehead atoms. The van der Waals surface area contributed by atoms with E-state index < -0.39 is 0 Å². The summed E-state index contributed by atoms with van der Waals surface area (Å²) in [7, 11) is 0. The van der Waals surface area contributed by atoms with Crippen molar-refractivity contribution in [2.45, 2.75) is 44.9 Å². The fourth-order valence-electron chi connectivity index (χ4n) is 2.83. The zero-order valence-corrected chi connectivity index (χ0v) is 12.6. The van der Waals surface area contributed by atoms with Gasteiger partial charge in [-0.25, -0.2) is 4.98 Å². The second-order valence-electron chi connectivity index (χ2n) is 5.71. The lowest BCUT2D eigenvalue weighted by atomic mass is 10.2. The predicted molar refractivity (Wildman–Crippen MR) is 77.5 cm³/mol. The van der Waals surface area contributed by atoms with Gasteiger partial charge in [0.15, 0.2) is 0 Å². The van der Waals surface area contributed by atoms with Crippen LogP contribution in [0.15, 0.2) is 5.38 Å². The number of thiazole rings is 1. The van der Waals surface area contributed by atoms with Crippen LogP contribution in [0.4, 0.5) is 0 Å². The van der Waals surface area contributed by atoms with Gasteiger partial charge < -0.3 is 10.1 Å². The van der Waals surface area contributed by atoms with Gasteiger partial charge >= 0.3 is 0 Å². The fourth-order valence-corrected chi connectivity index (χ4v) is 3.74. The third-order valence-electron chi connectivity index (χ3n) is 4.06. The first-order valence-electron chi connectivity index (χ1n) is 7.28. The third-order valence-corrected chi connectivity index (χ3v) is 5.02. The molecule has 0 amide bonds. The second-order valence-corrected chi connectivity index (χ2v) is 6.60. The standard InChI is InChI=1S/C14H23N3OS/c1-10(2)17-6-7-18-13(8-17)14-16-12(9-19-14)11-4-3-5-15-11/h9-11,13,15H,3-8H2,1-2H3/t11-,13?/m0/s1. The lowest BCUT2D eigenvalue weighted by Crippen LogP contribution is -2.42. The van der Waals surface area contributed by atoms with Crippen molar-refractivity contribution >= 4 is 11.3 Å². The fraction of sp³-hybridized carbons (Fsp3) is 0.786. The van der Waals surface area contributed by atoms with Gasteiger partial charge in [0, 0.05) is 24.5 Å². The number of rotatable bonds is 3. The van der Waals surface area contributed by atoms with Crippen LogP contribution in [0.25, 0.3) is 0 Å². The maximum absolute atomic E-state index is 5.91. The molecule has 3 rings (SSSR count). The van der Waals surface area contributed by atoms with Crippen molar-refractivity contribution in [3.63, 3.8) is 0 Å². The van der Waals surface area contributed by atoms with E-state index in [0.717, 1.165) is 31.2 Å². The Morgan fingerprint density at radius 3 is 3.16 bits per heavy atom. The molecule has 1 unspecified atom stereocenters. The Hall–Kier alpha value is -0.490. The average Bonchev–Trinajstić information content (AvgIpc) is 3.09. The van der Waals surface area contributed by atoms with Gasteiger partial charge in [-0.1, -0.05) is 0 Å². The molecule has 2 fully saturated rings. The zero-order valence-electron chi connectivity index (χ0n) is 11.8. The van der Waals surface area contributed by atoms with Crippen LogP contribution in [0.3, 0.4) is 0 Å². The monoisotopic (exact) mass is 281 g/mol. The maximum Gasteiger partial charge on any atom is 0.123 e. The largest absolute Gasteiger partial charge is 0.368 e. The molecule has 0 saturated carbocycles. The molecule has 0 aromatic carbocycles. The molecule has 4 nitrogen and oxygen atoms in total. The van der Waals surface area contributed by atoms with Crippen molar-refractivity contribution in [2.75, 3.05) is 26.2 Å². The van der Waals surface area contributed by atoms with Gasteiger partial charge in [0.2, 0.25) is 0 Å². The minimum Gasteiger partial charge on any atom is -0.368 e. The number of morpholine rings is 1. The molecule has 3 heterocycles. The highest BCUT2D eigenvalue weighted by atomic mass is 32.1. The van der Waals surface area contributed by atoms with Gasteiger partial charge in [0.05, 0.1) is 18.3 Å². The lowest BCUT2D eigenvalue weighted by molar-refractivity contribution is -0.0403. The van der Waals surface area contributed by atoms with E-state index in [-0.39, 0.29) is 6.10 Å². The second kappa shape index (κ2) is 5.87. The molecule has 106 valence electrons. The van der Waals surface area contributed by atoms with Crippen molar-refractivity contribution in [1.82, 2.24) is 15.2 Å². The number of hydrogen-bond donors (Lipinski definition) is 1. The summed E-state index contributed by atoms with van der Waals surface area (Å²) in [6.45, 7) is 8.45. The smallest absolute Gasteiger partial charge is 0.123 e. The lowest BCUT2D eigenvalue weighted by Gasteiger charge is -2.34. The summed E-state index contributed by atoms with van der Waals surface area (Å²) < 4.78 is 5.91. The van der Waals surface area contributed by atoms with Crippen LogP contribution in [-0.4, -0.2) is 42.2 Å². The van der Waals surface area contributed by atoms with E-state index in [1.54, 1.807) is 11.3 Å². The molecular formula is C14H23N3OS. The summed E-state index contributed by atoms with van der Waals surface area (Å²) in [5.74, 6) is 0. The Morgan fingerprint density at radius 2 is 2.42 bits per heavy atom. The minimum atomic E-state index is 0.163. The summed E-state index contributed by atoms with van der Waals surface area (Å²) in [6.07, 6.45) is 2.64. The molecule has 2 atom stereocenters. The number of aromatic nitrogens is 1. The molecular weight excluding hydrogens is 258 g/mol. The molecule has 0 aliphatic carbocycles. The number of nitrogens with one attached hydrogen (secondary N) is 1. The first kappa shape index (κ1) is 13.5. The van der Waals surface area contributed by atoms with E-state index in [4.69, 9.17) is 9.72 Å². The quantitative estimate of drug-likeness (QED) is 0.923. The van der Waals surface area contributed by atoms with E-state index in [9.17, 15) is 0 Å². The van der Waals surface area contributed by atoms with Crippen LogP contribution in [0.1, 0.15) is 49.5 Å². The van der Waals surface area contributed by atoms with E-state index in [2.05, 4.69) is 29.4 Å². The maximum atomic E-state index is 5.91. The van der Waals surface area contributed by atoms with Crippen molar-refractivity contribution in [2.24, 2.45) is 0 Å². The van der Waals surface area contributed by atoms with Crippen LogP contribution in [0.2, 0.25) is 0 Å². The van der Waals surface area contributed by atoms with Gasteiger partial charge in [0.1, 0.15) is 11.1 Å². The van der Waals surface area contributed by atoms with Gasteiger partial charge in [-0.15, -0.1) is 11.3 Å². The van der Waals surface area contributed by atoms with Gasteiger partial charge in [-0.2, -0.15) is 0 Å². The molecule has 5 heteroatoms. The van der Waals surface area contributed by atoms with Crippen molar-refractivity contribution < 1.29 is 4.74 Å². The molecule has 2 aliphatic rings. The summed E-state index contributed by atoms with van der Waals surface area (Å²) in [6, 6.07) is 1.05. The highest BCUT2D eigenvalue weighted by Crippen LogP contribution is 2.30. The summed E-state index contributed by atoms with van der Waals surface area (Å²) in [4.78, 5) is 7.29. The first-order chi connectivity index (χ1) is 9.24. The molecule has 0 radical (unpaired) electrons. The third kappa shape index (κ3) is 2.99. The molecule has 1 aromatic rings. The number of ether oxygens (including phenoxy) is 1.